The Bertz CT molecular complexity index is 1410. The van der Waals surface area contributed by atoms with Gasteiger partial charge in [-0.2, -0.15) is 10.2 Å². The topological polar surface area (TPSA) is 104 Å². The smallest absolute Gasteiger partial charge is 0.329 e. The lowest BCUT2D eigenvalue weighted by atomic mass is 9.86. The van der Waals surface area contributed by atoms with Crippen LogP contribution in [0.3, 0.4) is 0 Å². The largest absolute Gasteiger partial charge is 0.353 e. The molecule has 1 aliphatic rings. The molecule has 1 amide bonds. The summed E-state index contributed by atoms with van der Waals surface area (Å²) in [6.45, 7) is 7.36. The van der Waals surface area contributed by atoms with E-state index in [4.69, 9.17) is 5.10 Å². The summed E-state index contributed by atoms with van der Waals surface area (Å²) in [5, 5.41) is 18.1. The maximum Gasteiger partial charge on any atom is 0.329 e. The Hall–Kier alpha value is -3.69. The molecule has 0 unspecified atom stereocenters. The van der Waals surface area contributed by atoms with E-state index in [0.717, 1.165) is 33.4 Å². The minimum Gasteiger partial charge on any atom is -0.353 e. The molecule has 9 heteroatoms. The van der Waals surface area contributed by atoms with Crippen LogP contribution in [-0.4, -0.2) is 50.6 Å². The van der Waals surface area contributed by atoms with Gasteiger partial charge in [0.1, 0.15) is 16.9 Å². The molecule has 36 heavy (non-hydrogen) atoms. The highest BCUT2D eigenvalue weighted by Crippen LogP contribution is 2.36. The molecule has 0 radical (unpaired) electrons. The number of nitrogens with zero attached hydrogens (tertiary/aromatic N) is 5. The molecule has 4 N–H and O–H groups in total. The van der Waals surface area contributed by atoms with Gasteiger partial charge in [-0.05, 0) is 69.5 Å². The van der Waals surface area contributed by atoms with Gasteiger partial charge in [0, 0.05) is 24.7 Å². The Kier molecular flexibility index (Phi) is 6.27. The summed E-state index contributed by atoms with van der Waals surface area (Å²) in [6.07, 6.45) is 2.96. The summed E-state index contributed by atoms with van der Waals surface area (Å²) in [4.78, 5) is 14.6. The first-order valence-electron chi connectivity index (χ1n) is 12.2. The van der Waals surface area contributed by atoms with Crippen molar-refractivity contribution in [3.8, 4) is 16.9 Å². The van der Waals surface area contributed by atoms with Crippen LogP contribution in [0.2, 0.25) is 0 Å². The SMILES string of the molecule is Cc1ccccc1-n1nc2c(N3CCC(NC(C)C)(C([NH3+])=O)CC3)nncc2c1-c1ccc(F)cc1. The highest BCUT2D eigenvalue weighted by Gasteiger charge is 2.43. The second-order valence-corrected chi connectivity index (χ2v) is 9.78. The monoisotopic (exact) mass is 488 g/mol. The Morgan fingerprint density at radius 2 is 1.81 bits per heavy atom. The van der Waals surface area contributed by atoms with E-state index in [1.807, 2.05) is 49.7 Å². The third-order valence-corrected chi connectivity index (χ3v) is 6.95. The molecule has 5 rings (SSSR count). The highest BCUT2D eigenvalue weighted by molar-refractivity contribution is 5.99. The number of hydrogen-bond donors (Lipinski definition) is 2. The maximum absolute atomic E-state index is 13.8. The first kappa shape index (κ1) is 24.0. The van der Waals surface area contributed by atoms with Gasteiger partial charge in [-0.1, -0.05) is 18.2 Å². The second kappa shape index (κ2) is 9.40. The number of rotatable bonds is 6. The predicted octanol–water partition coefficient (Wildman–Crippen LogP) is 3.04. The van der Waals surface area contributed by atoms with Crippen LogP contribution in [0, 0.1) is 12.7 Å². The van der Waals surface area contributed by atoms with Crippen molar-refractivity contribution in [3.05, 3.63) is 66.1 Å². The van der Waals surface area contributed by atoms with Crippen molar-refractivity contribution in [1.29, 1.82) is 0 Å². The van der Waals surface area contributed by atoms with E-state index in [2.05, 4.69) is 26.1 Å². The summed E-state index contributed by atoms with van der Waals surface area (Å²) in [7, 11) is 0. The number of fused-ring (bicyclic) bond motifs is 1. The minimum atomic E-state index is -0.633. The maximum atomic E-state index is 13.8. The van der Waals surface area contributed by atoms with Gasteiger partial charge in [0.05, 0.1) is 23.0 Å². The number of aromatic nitrogens is 4. The normalized spacial score (nSPS) is 15.6. The van der Waals surface area contributed by atoms with E-state index in [0.29, 0.717) is 31.7 Å². The Morgan fingerprint density at radius 1 is 1.11 bits per heavy atom. The van der Waals surface area contributed by atoms with Gasteiger partial charge < -0.3 is 4.90 Å². The van der Waals surface area contributed by atoms with Crippen LogP contribution < -0.4 is 16.0 Å². The molecule has 8 nitrogen and oxygen atoms in total. The van der Waals surface area contributed by atoms with Gasteiger partial charge in [-0.15, -0.1) is 5.10 Å². The van der Waals surface area contributed by atoms with Gasteiger partial charge in [-0.3, -0.25) is 11.1 Å². The summed E-state index contributed by atoms with van der Waals surface area (Å²) in [5.41, 5.74) is 7.49. The van der Waals surface area contributed by atoms with Gasteiger partial charge in [-0.25, -0.2) is 13.9 Å². The summed E-state index contributed by atoms with van der Waals surface area (Å²) >= 11 is 0. The predicted molar refractivity (Wildman–Crippen MR) is 137 cm³/mol. The zero-order valence-corrected chi connectivity index (χ0v) is 20.8. The summed E-state index contributed by atoms with van der Waals surface area (Å²) < 4.78 is 15.6. The average Bonchev–Trinajstić information content (AvgIpc) is 3.24. The molecule has 1 fully saturated rings. The standard InChI is InChI=1S/C27H30FN7O/c1-17(2)31-27(26(29)36)12-14-34(15-13-27)25-23-21(16-30-32-25)24(19-8-10-20(28)11-9-19)35(33-23)22-7-5-4-6-18(22)3/h4-11,16-17,31H,12-15H2,1-3H3,(H2,29,36)/p+1. The molecular formula is C27H31FN7O+. The molecule has 1 saturated heterocycles. The van der Waals surface area contributed by atoms with Crippen LogP contribution in [0.25, 0.3) is 27.8 Å². The van der Waals surface area contributed by atoms with Crippen LogP contribution in [0.15, 0.2) is 54.7 Å². The number of halogens is 1. The van der Waals surface area contributed by atoms with Crippen LogP contribution in [-0.2, 0) is 4.79 Å². The molecule has 0 bridgehead atoms. The van der Waals surface area contributed by atoms with Gasteiger partial charge in [0.15, 0.2) is 5.82 Å². The molecule has 0 spiro atoms. The van der Waals surface area contributed by atoms with E-state index in [1.54, 1.807) is 18.3 Å². The molecule has 3 heterocycles. The quantitative estimate of drug-likeness (QED) is 0.432. The molecule has 4 aromatic rings. The lowest BCUT2D eigenvalue weighted by Crippen LogP contribution is -2.75. The fraction of sp³-hybridized carbons (Fsp3) is 0.333. The molecule has 0 saturated carbocycles. The average molecular weight is 489 g/mol. The third-order valence-electron chi connectivity index (χ3n) is 6.95. The van der Waals surface area contributed by atoms with E-state index in [9.17, 15) is 9.18 Å². The first-order chi connectivity index (χ1) is 17.3. The fourth-order valence-corrected chi connectivity index (χ4v) is 5.14. The number of para-hydroxylation sites is 1. The number of nitrogens with one attached hydrogen (secondary N) is 1. The number of hydrogen-bond acceptors (Lipinski definition) is 6. The number of quaternary nitrogens is 1. The minimum absolute atomic E-state index is 0.0810. The van der Waals surface area contributed by atoms with Crippen LogP contribution in [0.5, 0.6) is 0 Å². The molecule has 0 aliphatic carbocycles. The van der Waals surface area contributed by atoms with E-state index in [1.165, 1.54) is 12.1 Å². The van der Waals surface area contributed by atoms with Crippen LogP contribution in [0.1, 0.15) is 32.3 Å². The van der Waals surface area contributed by atoms with Crippen molar-refractivity contribution in [1.82, 2.24) is 25.3 Å². The van der Waals surface area contributed by atoms with Crippen molar-refractivity contribution in [2.45, 2.75) is 45.2 Å². The van der Waals surface area contributed by atoms with E-state index >= 15 is 0 Å². The lowest BCUT2D eigenvalue weighted by Gasteiger charge is -2.40. The van der Waals surface area contributed by atoms with E-state index in [-0.39, 0.29) is 17.8 Å². The number of amides is 1. The summed E-state index contributed by atoms with van der Waals surface area (Å²) in [5.74, 6) is 0.303. The van der Waals surface area contributed by atoms with E-state index < -0.39 is 5.54 Å². The Morgan fingerprint density at radius 3 is 2.44 bits per heavy atom. The number of benzene rings is 2. The number of piperidine rings is 1. The molecular weight excluding hydrogens is 457 g/mol. The van der Waals surface area contributed by atoms with Crippen molar-refractivity contribution < 1.29 is 14.9 Å². The third kappa shape index (κ3) is 4.25. The number of aryl methyl sites for hydroxylation is 1. The zero-order valence-electron chi connectivity index (χ0n) is 20.8. The van der Waals surface area contributed by atoms with Crippen molar-refractivity contribution in [2.75, 3.05) is 18.0 Å². The number of carbonyl (C=O) groups excluding carboxylic acids is 1. The van der Waals surface area contributed by atoms with Crippen LogP contribution >= 0.6 is 0 Å². The molecule has 186 valence electrons. The van der Waals surface area contributed by atoms with Gasteiger partial charge in [0.25, 0.3) is 0 Å². The fourth-order valence-electron chi connectivity index (χ4n) is 5.14. The number of anilines is 1. The van der Waals surface area contributed by atoms with Crippen molar-refractivity contribution in [2.24, 2.45) is 0 Å². The van der Waals surface area contributed by atoms with Gasteiger partial charge in [0.2, 0.25) is 0 Å². The Balaban J connectivity index is 1.61. The van der Waals surface area contributed by atoms with Gasteiger partial charge >= 0.3 is 5.91 Å². The van der Waals surface area contributed by atoms with Crippen molar-refractivity contribution >= 4 is 22.6 Å². The lowest BCUT2D eigenvalue weighted by molar-refractivity contribution is -0.315. The molecule has 2 aromatic heterocycles. The number of carbonyl (C=O) groups is 1. The summed E-state index contributed by atoms with van der Waals surface area (Å²) in [6, 6.07) is 14.6. The van der Waals surface area contributed by atoms with Crippen molar-refractivity contribution in [3.63, 3.8) is 0 Å². The molecule has 1 aliphatic heterocycles. The van der Waals surface area contributed by atoms with Crippen LogP contribution in [0.4, 0.5) is 10.2 Å². The zero-order chi connectivity index (χ0) is 25.4. The first-order valence-corrected chi connectivity index (χ1v) is 12.2. The molecule has 0 atom stereocenters. The Labute approximate surface area is 209 Å². The highest BCUT2D eigenvalue weighted by atomic mass is 19.1. The molecule has 2 aromatic carbocycles. The second-order valence-electron chi connectivity index (χ2n) is 9.78.